The van der Waals surface area contributed by atoms with Gasteiger partial charge in [0.2, 0.25) is 27.7 Å². The number of hydrogen-bond donors (Lipinski definition) is 3. The Balaban J connectivity index is 0.00000386. The Morgan fingerprint density at radius 2 is 1.81 bits per heavy atom. The fraction of sp³-hybridized carbons (Fsp3) is 0.485. The Morgan fingerprint density at radius 3 is 2.60 bits per heavy atom. The van der Waals surface area contributed by atoms with E-state index in [9.17, 15) is 22.8 Å². The first-order valence-corrected chi connectivity index (χ1v) is 17.6. The van der Waals surface area contributed by atoms with Crippen molar-refractivity contribution < 1.29 is 27.5 Å². The van der Waals surface area contributed by atoms with Gasteiger partial charge in [-0.3, -0.25) is 19.1 Å². The van der Waals surface area contributed by atoms with Crippen LogP contribution < -0.4 is 20.5 Å². The van der Waals surface area contributed by atoms with Crippen LogP contribution >= 0.6 is 12.4 Å². The topological polar surface area (TPSA) is 174 Å². The first-order chi connectivity index (χ1) is 22.2. The molecule has 14 heteroatoms. The SMILES string of the molecule is Cl.N[C@H]1CCCCCC=C[C@@H]2C[C@@]2(C(=O)NS(=O)(=O)C2CC2)NC(=O)[C@@H]2C[C@@H](Oc3nc4ncccc4c4ccccc34)CN2C1=O. The number of sulfonamides is 1. The molecule has 2 aromatic heterocycles. The van der Waals surface area contributed by atoms with E-state index < -0.39 is 50.8 Å². The van der Waals surface area contributed by atoms with Crippen LogP contribution in [0.2, 0.25) is 0 Å². The van der Waals surface area contributed by atoms with Gasteiger partial charge in [-0.05, 0) is 62.1 Å². The predicted molar refractivity (Wildman–Crippen MR) is 178 cm³/mol. The van der Waals surface area contributed by atoms with Gasteiger partial charge >= 0.3 is 0 Å². The van der Waals surface area contributed by atoms with Crippen molar-refractivity contribution in [1.82, 2.24) is 24.9 Å². The van der Waals surface area contributed by atoms with Crippen molar-refractivity contribution in [2.75, 3.05) is 6.54 Å². The van der Waals surface area contributed by atoms with Crippen molar-refractivity contribution in [1.29, 1.82) is 0 Å². The van der Waals surface area contributed by atoms with Crippen molar-refractivity contribution in [2.24, 2.45) is 11.7 Å². The number of allylic oxidation sites excluding steroid dienone is 1. The summed E-state index contributed by atoms with van der Waals surface area (Å²) in [4.78, 5) is 51.9. The van der Waals surface area contributed by atoms with Crippen molar-refractivity contribution >= 4 is 62.0 Å². The fourth-order valence-corrected chi connectivity index (χ4v) is 8.11. The summed E-state index contributed by atoms with van der Waals surface area (Å²) >= 11 is 0. The second kappa shape index (κ2) is 13.0. The molecular formula is C33H39ClN6O6S. The number of rotatable bonds is 5. The lowest BCUT2D eigenvalue weighted by atomic mass is 10.1. The van der Waals surface area contributed by atoms with Gasteiger partial charge in [0.15, 0.2) is 5.65 Å². The van der Waals surface area contributed by atoms with E-state index >= 15 is 0 Å². The molecule has 3 aromatic rings. The summed E-state index contributed by atoms with van der Waals surface area (Å²) in [5.41, 5.74) is 5.47. The lowest BCUT2D eigenvalue weighted by molar-refractivity contribution is -0.140. The van der Waals surface area contributed by atoms with E-state index in [4.69, 9.17) is 10.5 Å². The molecule has 47 heavy (non-hydrogen) atoms. The molecule has 2 aliphatic heterocycles. The molecule has 4 heterocycles. The summed E-state index contributed by atoms with van der Waals surface area (Å²) < 4.78 is 34.0. The van der Waals surface area contributed by atoms with Crippen LogP contribution in [0.4, 0.5) is 0 Å². The average molecular weight is 683 g/mol. The molecule has 250 valence electrons. The van der Waals surface area contributed by atoms with Crippen LogP contribution in [0.5, 0.6) is 5.88 Å². The molecule has 3 fully saturated rings. The van der Waals surface area contributed by atoms with Gasteiger partial charge in [0.1, 0.15) is 17.7 Å². The maximum atomic E-state index is 14.0. The van der Waals surface area contributed by atoms with Crippen LogP contribution in [0.25, 0.3) is 21.8 Å². The van der Waals surface area contributed by atoms with Crippen LogP contribution in [0.3, 0.4) is 0 Å². The van der Waals surface area contributed by atoms with Gasteiger partial charge in [-0.2, -0.15) is 4.98 Å². The number of fused-ring (bicyclic) bond motifs is 5. The van der Waals surface area contributed by atoms with E-state index in [0.29, 0.717) is 30.8 Å². The smallest absolute Gasteiger partial charge is 0.259 e. The highest BCUT2D eigenvalue weighted by atomic mass is 35.5. The van der Waals surface area contributed by atoms with Crippen molar-refractivity contribution in [3.8, 4) is 5.88 Å². The van der Waals surface area contributed by atoms with Gasteiger partial charge in [0.25, 0.3) is 5.91 Å². The molecule has 2 aliphatic carbocycles. The Hall–Kier alpha value is -3.81. The molecule has 4 N–H and O–H groups in total. The highest BCUT2D eigenvalue weighted by molar-refractivity contribution is 7.91. The van der Waals surface area contributed by atoms with E-state index in [1.165, 1.54) is 4.90 Å². The number of carbonyl (C=O) groups excluding carboxylic acids is 3. The third kappa shape index (κ3) is 6.53. The minimum Gasteiger partial charge on any atom is -0.472 e. The standard InChI is InChI=1S/C33H38N6O6S.ClH/c34-26-13-5-3-1-2-4-9-20-18-33(20,32(42)38-46(43,44)22-14-15-22)37-29(40)27-17-21(19-39(27)31(26)41)45-30-25-11-7-6-10-23(25)24-12-8-16-35-28(24)36-30;/h4,6-12,16,20-22,26-27H,1-3,5,13-15,17-19,34H2,(H,37,40)(H,38,42);1H/t20-,21-,26+,27+,33-;/m1./s1. The highest BCUT2D eigenvalue weighted by Crippen LogP contribution is 2.46. The van der Waals surface area contributed by atoms with E-state index in [0.717, 1.165) is 41.8 Å². The summed E-state index contributed by atoms with van der Waals surface area (Å²) in [6, 6.07) is 9.71. The largest absolute Gasteiger partial charge is 0.472 e. The Labute approximate surface area is 279 Å². The number of aromatic nitrogens is 2. The highest BCUT2D eigenvalue weighted by Gasteiger charge is 2.62. The van der Waals surface area contributed by atoms with Crippen molar-refractivity contribution in [2.45, 2.75) is 86.8 Å². The van der Waals surface area contributed by atoms with E-state index in [-0.39, 0.29) is 43.6 Å². The zero-order valence-electron chi connectivity index (χ0n) is 25.8. The molecule has 7 rings (SSSR count). The number of amides is 3. The van der Waals surface area contributed by atoms with Crippen LogP contribution in [0.1, 0.15) is 57.8 Å². The van der Waals surface area contributed by atoms with E-state index in [1.54, 1.807) is 6.20 Å². The molecule has 12 nitrogen and oxygen atoms in total. The molecule has 4 aliphatic rings. The number of pyridine rings is 2. The van der Waals surface area contributed by atoms with Gasteiger partial charge in [-0.1, -0.05) is 43.2 Å². The van der Waals surface area contributed by atoms with Crippen LogP contribution in [0.15, 0.2) is 54.7 Å². The molecule has 5 atom stereocenters. The Kier molecular flexibility index (Phi) is 9.16. The van der Waals surface area contributed by atoms with Crippen molar-refractivity contribution in [3.05, 3.63) is 54.7 Å². The molecule has 1 aromatic carbocycles. The quantitative estimate of drug-likeness (QED) is 0.270. The van der Waals surface area contributed by atoms with Gasteiger partial charge in [-0.25, -0.2) is 13.4 Å². The summed E-state index contributed by atoms with van der Waals surface area (Å²) in [7, 11) is -3.83. The fourth-order valence-electron chi connectivity index (χ4n) is 6.75. The van der Waals surface area contributed by atoms with Gasteiger partial charge in [-0.15, -0.1) is 12.4 Å². The van der Waals surface area contributed by atoms with Crippen LogP contribution in [-0.4, -0.2) is 76.5 Å². The number of nitrogens with one attached hydrogen (secondary N) is 2. The second-order valence-electron chi connectivity index (χ2n) is 12.9. The monoisotopic (exact) mass is 682 g/mol. The van der Waals surface area contributed by atoms with Crippen molar-refractivity contribution in [3.63, 3.8) is 0 Å². The van der Waals surface area contributed by atoms with Crippen LogP contribution in [-0.2, 0) is 24.4 Å². The molecule has 2 saturated carbocycles. The first kappa shape index (κ1) is 33.1. The number of nitrogens with two attached hydrogens (primary N) is 1. The van der Waals surface area contributed by atoms with Gasteiger partial charge in [0.05, 0.1) is 17.8 Å². The molecule has 0 unspecified atom stereocenters. The number of halogens is 1. The Bertz CT molecular complexity index is 1850. The first-order valence-electron chi connectivity index (χ1n) is 16.1. The summed E-state index contributed by atoms with van der Waals surface area (Å²) in [5.74, 6) is -1.67. The van der Waals surface area contributed by atoms with Gasteiger partial charge in [0, 0.05) is 29.3 Å². The maximum Gasteiger partial charge on any atom is 0.259 e. The summed E-state index contributed by atoms with van der Waals surface area (Å²) in [6.45, 7) is 0.0967. The summed E-state index contributed by atoms with van der Waals surface area (Å²) in [6.07, 6.45) is 10.1. The number of nitrogens with zero attached hydrogens (tertiary/aromatic N) is 3. The summed E-state index contributed by atoms with van der Waals surface area (Å²) in [5, 5.41) is 4.87. The molecule has 1 saturated heterocycles. The molecule has 0 spiro atoms. The molecule has 3 amide bonds. The number of hydrogen-bond acceptors (Lipinski definition) is 9. The number of ether oxygens (including phenoxy) is 1. The Morgan fingerprint density at radius 1 is 1.04 bits per heavy atom. The maximum absolute atomic E-state index is 14.0. The minimum absolute atomic E-state index is 0. The van der Waals surface area contributed by atoms with E-state index in [1.807, 2.05) is 48.6 Å². The third-order valence-corrected chi connectivity index (χ3v) is 11.4. The zero-order chi connectivity index (χ0) is 32.1. The normalized spacial score (nSPS) is 28.3. The average Bonchev–Trinajstić information content (AvgIpc) is 3.97. The van der Waals surface area contributed by atoms with Gasteiger partial charge < -0.3 is 20.7 Å². The number of benzene rings is 1. The third-order valence-electron chi connectivity index (χ3n) is 9.60. The predicted octanol–water partition coefficient (Wildman–Crippen LogP) is 2.88. The minimum atomic E-state index is -3.83. The second-order valence-corrected chi connectivity index (χ2v) is 14.9. The molecule has 0 bridgehead atoms. The zero-order valence-corrected chi connectivity index (χ0v) is 27.5. The lowest BCUT2D eigenvalue weighted by Crippen LogP contribution is -2.57. The van der Waals surface area contributed by atoms with Crippen LogP contribution in [0, 0.1) is 5.92 Å². The molecular weight excluding hydrogens is 644 g/mol. The molecule has 0 radical (unpaired) electrons. The van der Waals surface area contributed by atoms with E-state index in [2.05, 4.69) is 20.0 Å². The number of carbonyl (C=O) groups is 3. The lowest BCUT2D eigenvalue weighted by Gasteiger charge is -2.28.